The molecule has 2 aromatic heterocycles. The van der Waals surface area contributed by atoms with Crippen molar-refractivity contribution in [3.63, 3.8) is 0 Å². The molecule has 0 aliphatic rings. The van der Waals surface area contributed by atoms with E-state index in [1.807, 2.05) is 42.6 Å². The molecule has 1 aromatic carbocycles. The number of aromatic amines is 1. The lowest BCUT2D eigenvalue weighted by molar-refractivity contribution is -0.115. The molecule has 3 aromatic rings. The maximum absolute atomic E-state index is 12.1. The highest BCUT2D eigenvalue weighted by Gasteiger charge is 2.18. The zero-order chi connectivity index (χ0) is 15.4. The van der Waals surface area contributed by atoms with Gasteiger partial charge in [-0.05, 0) is 6.92 Å². The van der Waals surface area contributed by atoms with Gasteiger partial charge < -0.3 is 5.32 Å². The second-order valence-corrected chi connectivity index (χ2v) is 6.62. The molecule has 3 rings (SSSR count). The first-order chi connectivity index (χ1) is 10.7. The number of nitrogens with one attached hydrogen (secondary N) is 2. The monoisotopic (exact) mass is 331 g/mol. The van der Waals surface area contributed by atoms with Gasteiger partial charge in [0.25, 0.3) is 0 Å². The Morgan fingerprint density at radius 1 is 1.36 bits per heavy atom. The molecule has 0 aliphatic carbocycles. The Hall–Kier alpha value is -2.19. The van der Waals surface area contributed by atoms with Crippen LogP contribution in [-0.2, 0) is 4.79 Å². The molecule has 1 amide bonds. The number of amides is 1. The average molecular weight is 331 g/mol. The van der Waals surface area contributed by atoms with Gasteiger partial charge in [-0.15, -0.1) is 16.4 Å². The topological polar surface area (TPSA) is 83.6 Å². The van der Waals surface area contributed by atoms with Crippen LogP contribution in [0.5, 0.6) is 0 Å². The van der Waals surface area contributed by atoms with E-state index >= 15 is 0 Å². The first-order valence-electron chi connectivity index (χ1n) is 6.57. The van der Waals surface area contributed by atoms with Gasteiger partial charge in [-0.25, -0.2) is 9.97 Å². The van der Waals surface area contributed by atoms with E-state index in [2.05, 4.69) is 25.5 Å². The maximum Gasteiger partial charge on any atom is 0.239 e. The highest BCUT2D eigenvalue weighted by molar-refractivity contribution is 8.00. The molecule has 112 valence electrons. The van der Waals surface area contributed by atoms with Crippen LogP contribution in [-0.4, -0.2) is 31.3 Å². The Balaban J connectivity index is 1.63. The van der Waals surface area contributed by atoms with E-state index in [9.17, 15) is 4.79 Å². The fourth-order valence-corrected chi connectivity index (χ4v) is 2.98. The standard InChI is InChI=1S/C14H13N5OS2/c1-9(12(20)17-13-15-7-8-21-13)22-14-16-11(18-19-14)10-5-3-2-4-6-10/h2-9H,1H3,(H,15,17,20)(H,16,18,19)/t9-/m0/s1. The van der Waals surface area contributed by atoms with Crippen LogP contribution in [0.2, 0.25) is 0 Å². The minimum atomic E-state index is -0.316. The van der Waals surface area contributed by atoms with Crippen molar-refractivity contribution in [2.24, 2.45) is 0 Å². The third kappa shape index (κ3) is 3.52. The van der Waals surface area contributed by atoms with E-state index in [4.69, 9.17) is 0 Å². The van der Waals surface area contributed by atoms with Crippen LogP contribution in [0.1, 0.15) is 6.92 Å². The van der Waals surface area contributed by atoms with Crippen molar-refractivity contribution in [3.8, 4) is 11.4 Å². The van der Waals surface area contributed by atoms with Gasteiger partial charge in [0, 0.05) is 17.1 Å². The fourth-order valence-electron chi connectivity index (χ4n) is 1.73. The van der Waals surface area contributed by atoms with E-state index < -0.39 is 0 Å². The van der Waals surface area contributed by atoms with Crippen molar-refractivity contribution < 1.29 is 4.79 Å². The number of thioether (sulfide) groups is 1. The number of anilines is 1. The number of rotatable bonds is 5. The van der Waals surface area contributed by atoms with E-state index in [0.717, 1.165) is 5.56 Å². The van der Waals surface area contributed by atoms with E-state index in [1.54, 1.807) is 6.20 Å². The predicted octanol–water partition coefficient (Wildman–Crippen LogP) is 3.05. The molecule has 1 atom stereocenters. The minimum absolute atomic E-state index is 0.119. The summed E-state index contributed by atoms with van der Waals surface area (Å²) < 4.78 is 0. The summed E-state index contributed by atoms with van der Waals surface area (Å²) in [4.78, 5) is 20.5. The predicted molar refractivity (Wildman–Crippen MR) is 87.9 cm³/mol. The number of aromatic nitrogens is 4. The number of benzene rings is 1. The number of thiazole rings is 1. The summed E-state index contributed by atoms with van der Waals surface area (Å²) in [7, 11) is 0. The molecule has 2 heterocycles. The Morgan fingerprint density at radius 3 is 2.91 bits per heavy atom. The van der Waals surface area contributed by atoms with Gasteiger partial charge in [0.1, 0.15) is 0 Å². The number of hydrogen-bond donors (Lipinski definition) is 2. The Bertz CT molecular complexity index is 742. The molecule has 0 bridgehead atoms. The Kier molecular flexibility index (Phi) is 4.50. The van der Waals surface area contributed by atoms with Crippen LogP contribution in [0.4, 0.5) is 5.13 Å². The van der Waals surface area contributed by atoms with Crippen LogP contribution < -0.4 is 5.32 Å². The van der Waals surface area contributed by atoms with Crippen LogP contribution in [0, 0.1) is 0 Å². The molecule has 0 saturated carbocycles. The maximum atomic E-state index is 12.1. The largest absolute Gasteiger partial charge is 0.301 e. The zero-order valence-electron chi connectivity index (χ0n) is 11.7. The molecular weight excluding hydrogens is 318 g/mol. The summed E-state index contributed by atoms with van der Waals surface area (Å²) in [6.45, 7) is 1.81. The van der Waals surface area contributed by atoms with Gasteiger partial charge in [-0.2, -0.15) is 0 Å². The average Bonchev–Trinajstić information content (AvgIpc) is 3.20. The fraction of sp³-hybridized carbons (Fsp3) is 0.143. The van der Waals surface area contributed by atoms with Gasteiger partial charge in [0.15, 0.2) is 11.0 Å². The molecule has 0 radical (unpaired) electrons. The summed E-state index contributed by atoms with van der Waals surface area (Å²) in [6, 6.07) is 9.73. The van der Waals surface area contributed by atoms with Crippen LogP contribution in [0.15, 0.2) is 47.1 Å². The first-order valence-corrected chi connectivity index (χ1v) is 8.33. The molecule has 0 aliphatic heterocycles. The van der Waals surface area contributed by atoms with Gasteiger partial charge in [-0.3, -0.25) is 9.89 Å². The van der Waals surface area contributed by atoms with Crippen molar-refractivity contribution in [2.45, 2.75) is 17.3 Å². The van der Waals surface area contributed by atoms with Crippen LogP contribution in [0.25, 0.3) is 11.4 Å². The molecule has 0 spiro atoms. The van der Waals surface area contributed by atoms with Gasteiger partial charge in [-0.1, -0.05) is 42.1 Å². The molecule has 6 nitrogen and oxygen atoms in total. The lowest BCUT2D eigenvalue weighted by Gasteiger charge is -2.07. The normalized spacial score (nSPS) is 12.0. The summed E-state index contributed by atoms with van der Waals surface area (Å²) >= 11 is 2.69. The molecule has 0 fully saturated rings. The second kappa shape index (κ2) is 6.71. The van der Waals surface area contributed by atoms with Crippen LogP contribution >= 0.6 is 23.1 Å². The molecular formula is C14H13N5OS2. The Labute approximate surface area is 135 Å². The lowest BCUT2D eigenvalue weighted by Crippen LogP contribution is -2.22. The summed E-state index contributed by atoms with van der Waals surface area (Å²) in [5.41, 5.74) is 0.960. The second-order valence-electron chi connectivity index (χ2n) is 4.42. The summed E-state index contributed by atoms with van der Waals surface area (Å²) in [5.74, 6) is 0.571. The molecule has 0 unspecified atom stereocenters. The van der Waals surface area contributed by atoms with Crippen molar-refractivity contribution in [1.29, 1.82) is 0 Å². The SMILES string of the molecule is C[C@H](Sc1n[nH]c(-c2ccccc2)n1)C(=O)Nc1nccs1. The van der Waals surface area contributed by atoms with E-state index in [0.29, 0.717) is 16.1 Å². The lowest BCUT2D eigenvalue weighted by atomic mass is 10.2. The van der Waals surface area contributed by atoms with E-state index in [-0.39, 0.29) is 11.2 Å². The number of carbonyl (C=O) groups is 1. The number of carbonyl (C=O) groups excluding carboxylic acids is 1. The highest BCUT2D eigenvalue weighted by Crippen LogP contribution is 2.23. The molecule has 0 saturated heterocycles. The Morgan fingerprint density at radius 2 is 2.18 bits per heavy atom. The highest BCUT2D eigenvalue weighted by atomic mass is 32.2. The first kappa shape index (κ1) is 14.7. The summed E-state index contributed by atoms with van der Waals surface area (Å²) in [6.07, 6.45) is 1.65. The van der Waals surface area contributed by atoms with Gasteiger partial charge in [0.2, 0.25) is 11.1 Å². The van der Waals surface area contributed by atoms with Crippen LogP contribution in [0.3, 0.4) is 0 Å². The number of H-pyrrole nitrogens is 1. The number of hydrogen-bond acceptors (Lipinski definition) is 6. The van der Waals surface area contributed by atoms with Gasteiger partial charge >= 0.3 is 0 Å². The molecule has 22 heavy (non-hydrogen) atoms. The quantitative estimate of drug-likeness (QED) is 0.702. The summed E-state index contributed by atoms with van der Waals surface area (Å²) in [5, 5.41) is 12.4. The molecule has 2 N–H and O–H groups in total. The third-order valence-corrected chi connectivity index (χ3v) is 4.48. The van der Waals surface area contributed by atoms with Crippen molar-refractivity contribution >= 4 is 34.1 Å². The van der Waals surface area contributed by atoms with Gasteiger partial charge in [0.05, 0.1) is 5.25 Å². The molecule has 8 heteroatoms. The van der Waals surface area contributed by atoms with Crippen molar-refractivity contribution in [1.82, 2.24) is 20.2 Å². The van der Waals surface area contributed by atoms with Crippen molar-refractivity contribution in [2.75, 3.05) is 5.32 Å². The zero-order valence-corrected chi connectivity index (χ0v) is 13.3. The third-order valence-electron chi connectivity index (χ3n) is 2.83. The smallest absolute Gasteiger partial charge is 0.239 e. The van der Waals surface area contributed by atoms with E-state index in [1.165, 1.54) is 23.1 Å². The number of nitrogens with zero attached hydrogens (tertiary/aromatic N) is 3. The van der Waals surface area contributed by atoms with Crippen molar-refractivity contribution in [3.05, 3.63) is 41.9 Å². The minimum Gasteiger partial charge on any atom is -0.301 e.